The summed E-state index contributed by atoms with van der Waals surface area (Å²) >= 11 is 6.23. The molecule has 0 saturated carbocycles. The molecule has 0 amide bonds. The smallest absolute Gasteiger partial charge is 0.126 e. The van der Waals surface area contributed by atoms with Crippen molar-refractivity contribution in [2.24, 2.45) is 16.3 Å². The molecule has 7 nitrogen and oxygen atoms in total. The Hall–Kier alpha value is -2.52. The van der Waals surface area contributed by atoms with E-state index in [0.717, 1.165) is 61.6 Å². The summed E-state index contributed by atoms with van der Waals surface area (Å²) < 4.78 is 12.6. The summed E-state index contributed by atoms with van der Waals surface area (Å²) in [5, 5.41) is 23.8. The molecule has 3 aliphatic heterocycles. The van der Waals surface area contributed by atoms with Crippen LogP contribution in [-0.4, -0.2) is 91.4 Å². The number of piperidine rings is 1. The zero-order valence-electron chi connectivity index (χ0n) is 28.2. The second-order valence-electron chi connectivity index (χ2n) is 13.8. The maximum atomic E-state index is 12.3. The van der Waals surface area contributed by atoms with Gasteiger partial charge in [-0.2, -0.15) is 0 Å². The molecule has 8 heteroatoms. The maximum absolute atomic E-state index is 12.3. The molecule has 0 radical (unpaired) electrons. The molecule has 2 aromatic carbocycles. The van der Waals surface area contributed by atoms with Crippen LogP contribution in [0, 0.1) is 11.3 Å². The Balaban J connectivity index is 1.36. The summed E-state index contributed by atoms with van der Waals surface area (Å²) in [6.07, 6.45) is 9.88. The molecule has 0 bridgehead atoms. The van der Waals surface area contributed by atoms with Crippen molar-refractivity contribution < 1.29 is 19.7 Å². The average molecular weight is 650 g/mol. The largest absolute Gasteiger partial charge is 0.491 e. The summed E-state index contributed by atoms with van der Waals surface area (Å²) in [5.74, 6) is 0.932. The number of aliphatic imine (C=N–C) groups is 1. The van der Waals surface area contributed by atoms with E-state index in [4.69, 9.17) is 26.1 Å². The summed E-state index contributed by atoms with van der Waals surface area (Å²) in [7, 11) is 0. The second-order valence-corrected chi connectivity index (χ2v) is 14.3. The fourth-order valence-corrected chi connectivity index (χ4v) is 7.33. The Morgan fingerprint density at radius 1 is 1.17 bits per heavy atom. The number of likely N-dealkylation sites (N-methyl/N-ethyl adjacent to an activating group) is 1. The predicted molar refractivity (Wildman–Crippen MR) is 188 cm³/mol. The molecule has 3 aliphatic rings. The Labute approximate surface area is 280 Å². The van der Waals surface area contributed by atoms with Gasteiger partial charge in [0.2, 0.25) is 0 Å². The maximum Gasteiger partial charge on any atom is 0.126 e. The van der Waals surface area contributed by atoms with Crippen LogP contribution >= 0.6 is 11.6 Å². The Morgan fingerprint density at radius 3 is 2.65 bits per heavy atom. The normalized spacial score (nSPS) is 27.4. The van der Waals surface area contributed by atoms with Crippen LogP contribution in [-0.2, 0) is 15.9 Å². The zero-order valence-corrected chi connectivity index (χ0v) is 29.0. The van der Waals surface area contributed by atoms with E-state index in [-0.39, 0.29) is 12.0 Å². The first-order chi connectivity index (χ1) is 22.0. The van der Waals surface area contributed by atoms with Gasteiger partial charge in [0, 0.05) is 54.3 Å². The summed E-state index contributed by atoms with van der Waals surface area (Å²) in [4.78, 5) is 9.57. The number of aliphatic hydroxyl groups is 2. The van der Waals surface area contributed by atoms with E-state index in [1.807, 2.05) is 62.5 Å². The average Bonchev–Trinajstić information content (AvgIpc) is 3.19. The molecule has 4 atom stereocenters. The molecule has 0 spiro atoms. The highest BCUT2D eigenvalue weighted by Gasteiger charge is 2.51. The van der Waals surface area contributed by atoms with Gasteiger partial charge >= 0.3 is 0 Å². The van der Waals surface area contributed by atoms with Crippen molar-refractivity contribution in [1.29, 1.82) is 0 Å². The number of fused-ring (bicyclic) bond motifs is 2. The van der Waals surface area contributed by atoms with Gasteiger partial charge in [-0.25, -0.2) is 0 Å². The van der Waals surface area contributed by atoms with Gasteiger partial charge in [-0.1, -0.05) is 62.7 Å². The molecule has 46 heavy (non-hydrogen) atoms. The number of ether oxygens (including phenoxy) is 2. The van der Waals surface area contributed by atoms with Crippen molar-refractivity contribution in [2.75, 3.05) is 59.1 Å². The third-order valence-electron chi connectivity index (χ3n) is 10.2. The van der Waals surface area contributed by atoms with Crippen LogP contribution in [0.5, 0.6) is 5.75 Å². The lowest BCUT2D eigenvalue weighted by Crippen LogP contribution is -2.59. The summed E-state index contributed by atoms with van der Waals surface area (Å²) in [6.45, 7) is 16.9. The van der Waals surface area contributed by atoms with E-state index in [1.165, 1.54) is 5.57 Å². The number of nitrogens with zero attached hydrogens (tertiary/aromatic N) is 3. The van der Waals surface area contributed by atoms with Crippen LogP contribution in [0.25, 0.3) is 5.57 Å². The lowest BCUT2D eigenvalue weighted by molar-refractivity contribution is -0.162. The predicted octanol–water partition coefficient (Wildman–Crippen LogP) is 6.32. The van der Waals surface area contributed by atoms with Crippen LogP contribution in [0.3, 0.4) is 0 Å². The topological polar surface area (TPSA) is 77.8 Å². The van der Waals surface area contributed by atoms with Gasteiger partial charge in [0.15, 0.2) is 0 Å². The Bertz CT molecular complexity index is 1410. The second kappa shape index (κ2) is 14.7. The fourth-order valence-electron chi connectivity index (χ4n) is 7.20. The molecule has 0 aliphatic carbocycles. The lowest BCUT2D eigenvalue weighted by atomic mass is 9.65. The summed E-state index contributed by atoms with van der Waals surface area (Å²) in [6, 6.07) is 13.7. The number of halogens is 1. The van der Waals surface area contributed by atoms with Crippen LogP contribution < -0.4 is 4.74 Å². The minimum atomic E-state index is -1.04. The van der Waals surface area contributed by atoms with Crippen molar-refractivity contribution in [3.63, 3.8) is 0 Å². The van der Waals surface area contributed by atoms with Gasteiger partial charge in [0.25, 0.3) is 0 Å². The molecular weight excluding hydrogens is 598 g/mol. The van der Waals surface area contributed by atoms with Gasteiger partial charge in [0.1, 0.15) is 12.4 Å². The van der Waals surface area contributed by atoms with Gasteiger partial charge in [-0.3, -0.25) is 4.99 Å². The molecule has 1 fully saturated rings. The zero-order chi connectivity index (χ0) is 33.0. The van der Waals surface area contributed by atoms with E-state index < -0.39 is 16.6 Å². The van der Waals surface area contributed by atoms with Gasteiger partial charge in [-0.05, 0) is 86.8 Å². The van der Waals surface area contributed by atoms with Gasteiger partial charge < -0.3 is 29.5 Å². The Morgan fingerprint density at radius 2 is 1.93 bits per heavy atom. The van der Waals surface area contributed by atoms with Crippen molar-refractivity contribution in [1.82, 2.24) is 9.80 Å². The molecule has 2 aromatic rings. The highest BCUT2D eigenvalue weighted by atomic mass is 35.5. The number of hydrogen-bond donors (Lipinski definition) is 2. The van der Waals surface area contributed by atoms with Crippen molar-refractivity contribution >= 4 is 23.4 Å². The lowest BCUT2D eigenvalue weighted by Gasteiger charge is -2.52. The van der Waals surface area contributed by atoms with Crippen LogP contribution in [0.4, 0.5) is 0 Å². The highest BCUT2D eigenvalue weighted by Crippen LogP contribution is 2.47. The number of rotatable bonds is 12. The van der Waals surface area contributed by atoms with E-state index in [1.54, 1.807) is 0 Å². The SMILES string of the molecule is CCN(CC)CCOCC1(C)CN(CC/C=C2/c3cc(C(C)(C)O)ccc3OCC3N=CC=CC23)CCC1(O)c1ccc(Cl)cc1. The Kier molecular flexibility index (Phi) is 11.1. The number of likely N-dealkylation sites (tertiary alicyclic amines) is 1. The van der Waals surface area contributed by atoms with Crippen LogP contribution in [0.2, 0.25) is 5.02 Å². The molecule has 3 heterocycles. The monoisotopic (exact) mass is 649 g/mol. The van der Waals surface area contributed by atoms with E-state index in [2.05, 4.69) is 48.8 Å². The minimum absolute atomic E-state index is 0.00962. The van der Waals surface area contributed by atoms with Crippen LogP contribution in [0.1, 0.15) is 64.2 Å². The molecular formula is C38H52ClN3O4. The van der Waals surface area contributed by atoms with Crippen molar-refractivity contribution in [2.45, 2.75) is 64.7 Å². The quantitative estimate of drug-likeness (QED) is 0.262. The number of dihydropyridines is 1. The van der Waals surface area contributed by atoms with Crippen molar-refractivity contribution in [3.8, 4) is 5.75 Å². The first kappa shape index (κ1) is 34.8. The molecule has 1 saturated heterocycles. The number of allylic oxidation sites excluding steroid dienone is 1. The third-order valence-corrected chi connectivity index (χ3v) is 10.5. The molecule has 250 valence electrons. The molecule has 0 aromatic heterocycles. The highest BCUT2D eigenvalue weighted by molar-refractivity contribution is 6.30. The first-order valence-electron chi connectivity index (χ1n) is 16.9. The standard InChI is InChI=1S/C38H52ClN3O4/c1-6-41(7-2)22-23-45-27-37(5)26-42(21-18-38(37,44)28-12-15-30(39)16-13-28)20-9-11-31-32-10-8-19-40-34(32)25-46-35-17-14-29(24-33(31)35)36(3,4)43/h8,10-17,19,24,32,34,43-44H,6-7,9,18,20-23,25-27H2,1-5H3/b31-11+. The van der Waals surface area contributed by atoms with Crippen LogP contribution in [0.15, 0.2) is 65.7 Å². The van der Waals surface area contributed by atoms with E-state index in [9.17, 15) is 10.2 Å². The van der Waals surface area contributed by atoms with E-state index in [0.29, 0.717) is 37.8 Å². The molecule has 4 unspecified atom stereocenters. The number of hydrogen-bond acceptors (Lipinski definition) is 7. The van der Waals surface area contributed by atoms with E-state index >= 15 is 0 Å². The van der Waals surface area contributed by atoms with Crippen molar-refractivity contribution in [3.05, 3.63) is 82.4 Å². The molecule has 5 rings (SSSR count). The first-order valence-corrected chi connectivity index (χ1v) is 17.3. The van der Waals surface area contributed by atoms with Gasteiger partial charge in [0.05, 0.1) is 30.5 Å². The van der Waals surface area contributed by atoms with Gasteiger partial charge in [-0.15, -0.1) is 0 Å². The molecule has 2 N–H and O–H groups in total. The third kappa shape index (κ3) is 7.61. The number of benzene rings is 2. The summed E-state index contributed by atoms with van der Waals surface area (Å²) in [5.41, 5.74) is 1.44. The minimum Gasteiger partial charge on any atom is -0.491 e. The fraction of sp³-hybridized carbons (Fsp3) is 0.553.